The van der Waals surface area contributed by atoms with Crippen molar-refractivity contribution in [1.29, 1.82) is 0 Å². The Labute approximate surface area is 383 Å². The van der Waals surface area contributed by atoms with Crippen LogP contribution in [-0.4, -0.2) is 0 Å². The molecule has 0 saturated heterocycles. The number of hydrogen-bond acceptors (Lipinski definition) is 2. The summed E-state index contributed by atoms with van der Waals surface area (Å²) in [7, 11) is 0. The van der Waals surface area contributed by atoms with Crippen LogP contribution in [0.5, 0.6) is 0 Å². The van der Waals surface area contributed by atoms with Crippen LogP contribution in [0.1, 0.15) is 25.0 Å². The van der Waals surface area contributed by atoms with Gasteiger partial charge in [0.05, 0.1) is 11.4 Å². The van der Waals surface area contributed by atoms with Gasteiger partial charge >= 0.3 is 0 Å². The van der Waals surface area contributed by atoms with Gasteiger partial charge in [-0.3, -0.25) is 0 Å². The minimum absolute atomic E-state index is 0.107. The molecule has 10 aromatic carbocycles. The fourth-order valence-corrected chi connectivity index (χ4v) is 9.65. The van der Waals surface area contributed by atoms with E-state index in [1.54, 1.807) is 0 Å². The molecule has 310 valence electrons. The summed E-state index contributed by atoms with van der Waals surface area (Å²) in [5.74, 6) is 0. The Kier molecular flexibility index (Phi) is 10.3. The van der Waals surface area contributed by atoms with E-state index in [1.807, 2.05) is 0 Å². The average Bonchev–Trinajstić information content (AvgIpc) is 3.38. The Balaban J connectivity index is 0.944. The molecule has 2 nitrogen and oxygen atoms in total. The Morgan fingerprint density at radius 2 is 0.585 bits per heavy atom. The molecule has 10 aromatic rings. The summed E-state index contributed by atoms with van der Waals surface area (Å²) in [5.41, 5.74) is 21.4. The molecule has 0 spiro atoms. The topological polar surface area (TPSA) is 6.48 Å². The van der Waals surface area contributed by atoms with Crippen LogP contribution in [0.15, 0.2) is 255 Å². The average molecular weight is 833 g/mol. The van der Waals surface area contributed by atoms with E-state index in [2.05, 4.69) is 278 Å². The molecule has 1 aliphatic heterocycles. The molecule has 11 rings (SSSR count). The van der Waals surface area contributed by atoms with Crippen molar-refractivity contribution in [3.63, 3.8) is 0 Å². The first-order chi connectivity index (χ1) is 32.0. The lowest BCUT2D eigenvalue weighted by molar-refractivity contribution is 0.632. The maximum Gasteiger partial charge on any atom is 0.0502 e. The van der Waals surface area contributed by atoms with Gasteiger partial charge in [0.15, 0.2) is 0 Å². The predicted octanol–water partition coefficient (Wildman–Crippen LogP) is 17.6. The second-order valence-corrected chi connectivity index (χ2v) is 17.4. The highest BCUT2D eigenvalue weighted by molar-refractivity contribution is 5.88. The van der Waals surface area contributed by atoms with Gasteiger partial charge in [-0.05, 0) is 140 Å². The lowest BCUT2D eigenvalue weighted by Gasteiger charge is -2.42. The van der Waals surface area contributed by atoms with E-state index in [9.17, 15) is 0 Å². The molecule has 0 N–H and O–H groups in total. The fraction of sp³-hybridized carbons (Fsp3) is 0.0476. The molecule has 1 heterocycles. The summed E-state index contributed by atoms with van der Waals surface area (Å²) in [5, 5.41) is 0. The Hall–Kier alpha value is -8.20. The molecule has 0 fully saturated rings. The zero-order valence-electron chi connectivity index (χ0n) is 36.6. The third kappa shape index (κ3) is 7.60. The summed E-state index contributed by atoms with van der Waals surface area (Å²) < 4.78 is 0. The summed E-state index contributed by atoms with van der Waals surface area (Å²) in [6.45, 7) is 4.67. The van der Waals surface area contributed by atoms with E-state index >= 15 is 0 Å². The largest absolute Gasteiger partial charge is 0.311 e. The van der Waals surface area contributed by atoms with Gasteiger partial charge in [-0.2, -0.15) is 0 Å². The van der Waals surface area contributed by atoms with E-state index in [4.69, 9.17) is 0 Å². The van der Waals surface area contributed by atoms with Crippen LogP contribution in [0.3, 0.4) is 0 Å². The van der Waals surface area contributed by atoms with Gasteiger partial charge in [0, 0.05) is 28.2 Å². The number of rotatable bonds is 9. The molecule has 0 radical (unpaired) electrons. The molecule has 65 heavy (non-hydrogen) atoms. The van der Waals surface area contributed by atoms with Crippen LogP contribution in [0, 0.1) is 0 Å². The van der Waals surface area contributed by atoms with Crippen molar-refractivity contribution in [2.75, 3.05) is 9.80 Å². The van der Waals surface area contributed by atoms with Crippen molar-refractivity contribution in [2.45, 2.75) is 19.3 Å². The van der Waals surface area contributed by atoms with Gasteiger partial charge in [0.2, 0.25) is 0 Å². The van der Waals surface area contributed by atoms with Crippen LogP contribution in [0.4, 0.5) is 34.1 Å². The molecule has 0 unspecified atom stereocenters. The summed E-state index contributed by atoms with van der Waals surface area (Å²) in [6, 6.07) is 92.4. The monoisotopic (exact) mass is 832 g/mol. The minimum atomic E-state index is -0.107. The quantitative estimate of drug-likeness (QED) is 0.143. The third-order valence-corrected chi connectivity index (χ3v) is 13.1. The zero-order valence-corrected chi connectivity index (χ0v) is 36.6. The second kappa shape index (κ2) is 16.8. The maximum absolute atomic E-state index is 2.43. The molecule has 1 aliphatic rings. The first-order valence-electron chi connectivity index (χ1n) is 22.5. The molecular weight excluding hydrogens is 785 g/mol. The Morgan fingerprint density at radius 1 is 0.277 bits per heavy atom. The van der Waals surface area contributed by atoms with E-state index in [0.717, 1.165) is 28.3 Å². The zero-order chi connectivity index (χ0) is 43.7. The van der Waals surface area contributed by atoms with Gasteiger partial charge in [-0.15, -0.1) is 0 Å². The summed E-state index contributed by atoms with van der Waals surface area (Å²) in [4.78, 5) is 4.79. The molecule has 0 saturated carbocycles. The first kappa shape index (κ1) is 39.6. The summed E-state index contributed by atoms with van der Waals surface area (Å²) >= 11 is 0. The van der Waals surface area contributed by atoms with Gasteiger partial charge in [-0.1, -0.05) is 196 Å². The van der Waals surface area contributed by atoms with Crippen molar-refractivity contribution in [1.82, 2.24) is 0 Å². The smallest absolute Gasteiger partial charge is 0.0502 e. The van der Waals surface area contributed by atoms with Crippen LogP contribution in [0.25, 0.3) is 55.6 Å². The van der Waals surface area contributed by atoms with E-state index in [0.29, 0.717) is 0 Å². The number of anilines is 6. The van der Waals surface area contributed by atoms with Gasteiger partial charge < -0.3 is 9.80 Å². The molecule has 0 bridgehead atoms. The predicted molar refractivity (Wildman–Crippen MR) is 275 cm³/mol. The molecule has 0 aromatic heterocycles. The third-order valence-electron chi connectivity index (χ3n) is 13.1. The van der Waals surface area contributed by atoms with Crippen LogP contribution in [0.2, 0.25) is 0 Å². The van der Waals surface area contributed by atoms with Crippen molar-refractivity contribution in [3.8, 4) is 55.6 Å². The van der Waals surface area contributed by atoms with E-state index in [1.165, 1.54) is 72.6 Å². The van der Waals surface area contributed by atoms with Gasteiger partial charge in [0.25, 0.3) is 0 Å². The number of hydrogen-bond donors (Lipinski definition) is 0. The minimum Gasteiger partial charge on any atom is -0.311 e. The molecular formula is C63H48N2. The highest BCUT2D eigenvalue weighted by Crippen LogP contribution is 2.52. The molecule has 0 aliphatic carbocycles. The highest BCUT2D eigenvalue weighted by atomic mass is 15.2. The van der Waals surface area contributed by atoms with Crippen LogP contribution < -0.4 is 9.80 Å². The Morgan fingerprint density at radius 3 is 0.985 bits per heavy atom. The normalized spacial score (nSPS) is 12.6. The van der Waals surface area contributed by atoms with Crippen LogP contribution >= 0.6 is 0 Å². The van der Waals surface area contributed by atoms with E-state index in [-0.39, 0.29) is 5.41 Å². The first-order valence-corrected chi connectivity index (χ1v) is 22.5. The van der Waals surface area contributed by atoms with Crippen molar-refractivity contribution in [2.24, 2.45) is 0 Å². The van der Waals surface area contributed by atoms with Gasteiger partial charge in [0.1, 0.15) is 0 Å². The molecule has 2 heteroatoms. The lowest BCUT2D eigenvalue weighted by Crippen LogP contribution is -2.30. The SMILES string of the molecule is CC1(C)c2ccccc2N(c2cccc(-c3ccc(N(c4ccc(-c5cccc(-c6ccccc6)c5)cc4)c4ccc(-c5cccc(-c6ccccc6)c5)cc4)cc3)c2)c2ccccc21. The van der Waals surface area contributed by atoms with Crippen molar-refractivity contribution in [3.05, 3.63) is 266 Å². The van der Waals surface area contributed by atoms with Crippen LogP contribution in [-0.2, 0) is 5.41 Å². The number of benzene rings is 10. The standard InChI is InChI=1S/C63H48N2/c1-63(2)59-26-9-11-28-61(59)65(62-29-12-10-27-60(62)63)58-25-15-24-54(44-58)49-34-40-57(41-35-49)64(55-36-30-47(31-37-55)52-22-13-20-50(42-52)45-16-5-3-6-17-45)56-38-32-48(33-39-56)53-23-14-21-51(43-53)46-18-7-4-8-19-46/h3-44H,1-2H3. The fourth-order valence-electron chi connectivity index (χ4n) is 9.65. The maximum atomic E-state index is 2.43. The number of fused-ring (bicyclic) bond motifs is 2. The Bertz CT molecular complexity index is 3080. The van der Waals surface area contributed by atoms with Crippen molar-refractivity contribution < 1.29 is 0 Å². The molecule has 0 atom stereocenters. The van der Waals surface area contributed by atoms with Crippen molar-refractivity contribution >= 4 is 34.1 Å². The van der Waals surface area contributed by atoms with Gasteiger partial charge in [-0.25, -0.2) is 0 Å². The number of para-hydroxylation sites is 2. The van der Waals surface area contributed by atoms with E-state index < -0.39 is 0 Å². The highest BCUT2D eigenvalue weighted by Gasteiger charge is 2.36. The molecule has 0 amide bonds. The number of nitrogens with zero attached hydrogens (tertiary/aromatic N) is 2. The second-order valence-electron chi connectivity index (χ2n) is 17.4. The lowest BCUT2D eigenvalue weighted by atomic mass is 9.73. The summed E-state index contributed by atoms with van der Waals surface area (Å²) in [6.07, 6.45) is 0.